The number of carbonyl (C=O) groups is 1. The molecule has 2 aromatic carbocycles. The van der Waals surface area contributed by atoms with Gasteiger partial charge in [-0.05, 0) is 42.2 Å². The Bertz CT molecular complexity index is 874. The lowest BCUT2D eigenvalue weighted by atomic mass is 10.1. The van der Waals surface area contributed by atoms with Gasteiger partial charge in [0.1, 0.15) is 6.10 Å². The van der Waals surface area contributed by atoms with Gasteiger partial charge >= 0.3 is 5.97 Å². The molecule has 2 aromatic rings. The van der Waals surface area contributed by atoms with Gasteiger partial charge in [0.05, 0.1) is 10.5 Å². The normalized spacial score (nSPS) is 16.9. The zero-order chi connectivity index (χ0) is 17.3. The minimum Gasteiger partial charge on any atom is -0.454 e. The topological polar surface area (TPSA) is 63.7 Å². The molecule has 6 heteroatoms. The molecule has 0 radical (unpaired) electrons. The second-order valence-electron chi connectivity index (χ2n) is 5.95. The predicted molar refractivity (Wildman–Crippen MR) is 90.2 cm³/mol. The van der Waals surface area contributed by atoms with Crippen LogP contribution in [0, 0.1) is 0 Å². The second kappa shape index (κ2) is 6.37. The van der Waals surface area contributed by atoms with Gasteiger partial charge in [-0.1, -0.05) is 30.3 Å². The standard InChI is InChI=1S/C18H19NO4S/c1-19(2)24(21,22)15-8-5-7-14(12-15)18(20)23-17-11-10-13-6-3-4-9-16(13)17/h3-9,12,17H,10-11H2,1-2H3/t17-/m1/s1. The van der Waals surface area contributed by atoms with Crippen LogP contribution in [0.15, 0.2) is 53.4 Å². The van der Waals surface area contributed by atoms with Crippen molar-refractivity contribution >= 4 is 16.0 Å². The van der Waals surface area contributed by atoms with E-state index in [1.165, 1.54) is 31.8 Å². The van der Waals surface area contributed by atoms with E-state index in [9.17, 15) is 13.2 Å². The van der Waals surface area contributed by atoms with E-state index in [2.05, 4.69) is 0 Å². The molecule has 3 rings (SSSR count). The lowest BCUT2D eigenvalue weighted by molar-refractivity contribution is 0.0301. The third kappa shape index (κ3) is 3.07. The summed E-state index contributed by atoms with van der Waals surface area (Å²) in [6, 6.07) is 13.8. The molecule has 1 aliphatic carbocycles. The summed E-state index contributed by atoms with van der Waals surface area (Å²) >= 11 is 0. The van der Waals surface area contributed by atoms with Crippen LogP contribution in [-0.4, -0.2) is 32.8 Å². The number of benzene rings is 2. The summed E-state index contributed by atoms with van der Waals surface area (Å²) in [5, 5.41) is 0. The van der Waals surface area contributed by atoms with Crippen LogP contribution in [-0.2, 0) is 21.2 Å². The number of hydrogen-bond acceptors (Lipinski definition) is 4. The van der Waals surface area contributed by atoms with E-state index in [0.717, 1.165) is 22.7 Å². The summed E-state index contributed by atoms with van der Waals surface area (Å²) in [4.78, 5) is 12.5. The van der Waals surface area contributed by atoms with E-state index >= 15 is 0 Å². The number of rotatable bonds is 4. The average molecular weight is 345 g/mol. The van der Waals surface area contributed by atoms with E-state index in [0.29, 0.717) is 0 Å². The maximum absolute atomic E-state index is 12.4. The molecule has 0 saturated heterocycles. The average Bonchev–Trinajstić information content (AvgIpc) is 2.98. The molecular formula is C18H19NO4S. The van der Waals surface area contributed by atoms with Crippen molar-refractivity contribution in [3.8, 4) is 0 Å². The Hall–Kier alpha value is -2.18. The van der Waals surface area contributed by atoms with Crippen molar-refractivity contribution in [1.82, 2.24) is 4.31 Å². The van der Waals surface area contributed by atoms with Crippen molar-refractivity contribution in [3.05, 3.63) is 65.2 Å². The minimum atomic E-state index is -3.58. The first kappa shape index (κ1) is 16.7. The lowest BCUT2D eigenvalue weighted by Gasteiger charge is -2.15. The number of nitrogens with zero attached hydrogens (tertiary/aromatic N) is 1. The summed E-state index contributed by atoms with van der Waals surface area (Å²) in [6.07, 6.45) is 1.35. The van der Waals surface area contributed by atoms with Crippen LogP contribution < -0.4 is 0 Å². The highest BCUT2D eigenvalue weighted by Crippen LogP contribution is 2.34. The molecule has 24 heavy (non-hydrogen) atoms. The molecule has 5 nitrogen and oxygen atoms in total. The molecule has 126 valence electrons. The molecule has 0 saturated carbocycles. The first-order chi connectivity index (χ1) is 11.4. The first-order valence-electron chi connectivity index (χ1n) is 7.71. The Labute approximate surface area is 141 Å². The summed E-state index contributed by atoms with van der Waals surface area (Å²) in [7, 11) is -0.675. The summed E-state index contributed by atoms with van der Waals surface area (Å²) in [5.41, 5.74) is 2.46. The van der Waals surface area contributed by atoms with Crippen LogP contribution in [0.2, 0.25) is 0 Å². The van der Waals surface area contributed by atoms with Gasteiger partial charge in [0, 0.05) is 14.1 Å². The van der Waals surface area contributed by atoms with Gasteiger partial charge in [0.15, 0.2) is 0 Å². The molecule has 0 bridgehead atoms. The lowest BCUT2D eigenvalue weighted by Crippen LogP contribution is -2.22. The number of ether oxygens (including phenoxy) is 1. The van der Waals surface area contributed by atoms with Crippen LogP contribution in [0.3, 0.4) is 0 Å². The van der Waals surface area contributed by atoms with Crippen LogP contribution in [0.25, 0.3) is 0 Å². The van der Waals surface area contributed by atoms with Crippen molar-refractivity contribution in [3.63, 3.8) is 0 Å². The number of carbonyl (C=O) groups excluding carboxylic acids is 1. The molecule has 0 aromatic heterocycles. The van der Waals surface area contributed by atoms with Gasteiger partial charge in [-0.25, -0.2) is 17.5 Å². The minimum absolute atomic E-state index is 0.0776. The Balaban J connectivity index is 1.82. The smallest absolute Gasteiger partial charge is 0.338 e. The zero-order valence-corrected chi connectivity index (χ0v) is 14.4. The Kier molecular flexibility index (Phi) is 4.43. The van der Waals surface area contributed by atoms with Crippen molar-refractivity contribution < 1.29 is 17.9 Å². The zero-order valence-electron chi connectivity index (χ0n) is 13.6. The largest absolute Gasteiger partial charge is 0.454 e. The van der Waals surface area contributed by atoms with Crippen LogP contribution in [0.4, 0.5) is 0 Å². The van der Waals surface area contributed by atoms with Crippen LogP contribution in [0.1, 0.15) is 34.0 Å². The molecule has 1 aliphatic rings. The maximum Gasteiger partial charge on any atom is 0.338 e. The van der Waals surface area contributed by atoms with E-state index < -0.39 is 16.0 Å². The fourth-order valence-electron chi connectivity index (χ4n) is 2.83. The fraction of sp³-hybridized carbons (Fsp3) is 0.278. The predicted octanol–water partition coefficient (Wildman–Crippen LogP) is 2.78. The summed E-state index contributed by atoms with van der Waals surface area (Å²) < 4.78 is 31.1. The highest BCUT2D eigenvalue weighted by atomic mass is 32.2. The number of aryl methyl sites for hydroxylation is 1. The van der Waals surface area contributed by atoms with Crippen LogP contribution >= 0.6 is 0 Å². The van der Waals surface area contributed by atoms with Crippen molar-refractivity contribution in [2.45, 2.75) is 23.8 Å². The Morgan fingerprint density at radius 1 is 1.12 bits per heavy atom. The molecule has 0 spiro atoms. The Morgan fingerprint density at radius 2 is 1.88 bits per heavy atom. The van der Waals surface area contributed by atoms with Gasteiger partial charge < -0.3 is 4.74 Å². The maximum atomic E-state index is 12.4. The summed E-state index contributed by atoms with van der Waals surface area (Å²) in [6.45, 7) is 0. The second-order valence-corrected chi connectivity index (χ2v) is 8.10. The molecular weight excluding hydrogens is 326 g/mol. The monoisotopic (exact) mass is 345 g/mol. The quantitative estimate of drug-likeness (QED) is 0.800. The van der Waals surface area contributed by atoms with Crippen molar-refractivity contribution in [2.75, 3.05) is 14.1 Å². The van der Waals surface area contributed by atoms with E-state index in [1.807, 2.05) is 24.3 Å². The van der Waals surface area contributed by atoms with Gasteiger partial charge in [-0.2, -0.15) is 0 Å². The first-order valence-corrected chi connectivity index (χ1v) is 9.15. The highest BCUT2D eigenvalue weighted by Gasteiger charge is 2.26. The molecule has 0 N–H and O–H groups in total. The third-order valence-electron chi connectivity index (χ3n) is 4.18. The van der Waals surface area contributed by atoms with E-state index in [4.69, 9.17) is 4.74 Å². The van der Waals surface area contributed by atoms with Gasteiger partial charge in [0.2, 0.25) is 10.0 Å². The number of esters is 1. The van der Waals surface area contributed by atoms with Gasteiger partial charge in [-0.3, -0.25) is 0 Å². The molecule has 0 fully saturated rings. The number of sulfonamides is 1. The summed E-state index contributed by atoms with van der Waals surface area (Å²) in [5.74, 6) is -0.507. The molecule has 0 aliphatic heterocycles. The third-order valence-corrected chi connectivity index (χ3v) is 5.99. The number of hydrogen-bond donors (Lipinski definition) is 0. The Morgan fingerprint density at radius 3 is 2.62 bits per heavy atom. The van der Waals surface area contributed by atoms with Crippen molar-refractivity contribution in [1.29, 1.82) is 0 Å². The van der Waals surface area contributed by atoms with Crippen molar-refractivity contribution in [2.24, 2.45) is 0 Å². The van der Waals surface area contributed by atoms with E-state index in [1.54, 1.807) is 12.1 Å². The van der Waals surface area contributed by atoms with E-state index in [-0.39, 0.29) is 16.6 Å². The van der Waals surface area contributed by atoms with Gasteiger partial charge in [-0.15, -0.1) is 0 Å². The fourth-order valence-corrected chi connectivity index (χ4v) is 3.78. The molecule has 1 atom stereocenters. The highest BCUT2D eigenvalue weighted by molar-refractivity contribution is 7.89. The SMILES string of the molecule is CN(C)S(=O)(=O)c1cccc(C(=O)O[C@@H]2CCc3ccccc32)c1. The van der Waals surface area contributed by atoms with Crippen LogP contribution in [0.5, 0.6) is 0 Å². The molecule has 0 amide bonds. The number of fused-ring (bicyclic) bond motifs is 1. The molecule has 0 heterocycles. The molecule has 0 unspecified atom stereocenters. The van der Waals surface area contributed by atoms with Gasteiger partial charge in [0.25, 0.3) is 0 Å².